The standard InChI is InChI=1S/C23H24N2O4/c26-20-7-4-16-3-5-17(13-19(16)20)25-11-9-21(23(25)27)29-18-6-8-22(24-14-18)28-12-10-15-1-2-15/h3,5-6,8,13-15,21H,1-2,4,7,9-12H2. The van der Waals surface area contributed by atoms with Crippen molar-refractivity contribution in [2.45, 2.75) is 44.6 Å². The number of rotatable bonds is 7. The largest absolute Gasteiger partial charge is 0.479 e. The van der Waals surface area contributed by atoms with Crippen molar-refractivity contribution in [3.8, 4) is 11.6 Å². The van der Waals surface area contributed by atoms with Gasteiger partial charge in [0.1, 0.15) is 5.75 Å². The van der Waals surface area contributed by atoms with Crippen molar-refractivity contribution in [2.75, 3.05) is 18.1 Å². The molecule has 6 nitrogen and oxygen atoms in total. The first-order valence-corrected chi connectivity index (χ1v) is 10.4. The van der Waals surface area contributed by atoms with Crippen LogP contribution >= 0.6 is 0 Å². The van der Waals surface area contributed by atoms with Crippen LogP contribution in [0, 0.1) is 5.92 Å². The molecular weight excluding hydrogens is 368 g/mol. The normalized spacial score (nSPS) is 20.8. The predicted octanol–water partition coefficient (Wildman–Crippen LogP) is 3.57. The Morgan fingerprint density at radius 1 is 1.07 bits per heavy atom. The number of carbonyl (C=O) groups excluding carboxylic acids is 2. The van der Waals surface area contributed by atoms with Gasteiger partial charge in [-0.15, -0.1) is 0 Å². The molecule has 3 aliphatic rings. The van der Waals surface area contributed by atoms with E-state index >= 15 is 0 Å². The van der Waals surface area contributed by atoms with E-state index in [1.165, 1.54) is 12.8 Å². The molecule has 1 atom stereocenters. The topological polar surface area (TPSA) is 68.7 Å². The van der Waals surface area contributed by atoms with Gasteiger partial charge in [0.2, 0.25) is 5.88 Å². The zero-order valence-electron chi connectivity index (χ0n) is 16.3. The van der Waals surface area contributed by atoms with Crippen LogP contribution < -0.4 is 14.4 Å². The summed E-state index contributed by atoms with van der Waals surface area (Å²) in [7, 11) is 0. The highest BCUT2D eigenvalue weighted by Crippen LogP contribution is 2.32. The molecule has 2 heterocycles. The van der Waals surface area contributed by atoms with Crippen LogP contribution in [0.25, 0.3) is 0 Å². The Kier molecular flexibility index (Phi) is 4.70. The second-order valence-corrected chi connectivity index (χ2v) is 8.06. The van der Waals surface area contributed by atoms with Gasteiger partial charge in [0, 0.05) is 36.7 Å². The first kappa shape index (κ1) is 18.2. The lowest BCUT2D eigenvalue weighted by Gasteiger charge is -2.18. The predicted molar refractivity (Wildman–Crippen MR) is 108 cm³/mol. The molecule has 0 radical (unpaired) electrons. The third kappa shape index (κ3) is 3.84. The van der Waals surface area contributed by atoms with Crippen molar-refractivity contribution in [3.63, 3.8) is 0 Å². The molecule has 29 heavy (non-hydrogen) atoms. The number of hydrogen-bond donors (Lipinski definition) is 0. The Hall–Kier alpha value is -2.89. The van der Waals surface area contributed by atoms with Crippen molar-refractivity contribution < 1.29 is 19.1 Å². The number of Topliss-reactive ketones (excluding diaryl/α,β-unsaturated/α-hetero) is 1. The molecule has 1 amide bonds. The highest BCUT2D eigenvalue weighted by molar-refractivity contribution is 6.04. The average molecular weight is 392 g/mol. The van der Waals surface area contributed by atoms with Crippen molar-refractivity contribution in [1.29, 1.82) is 0 Å². The smallest absolute Gasteiger partial charge is 0.268 e. The van der Waals surface area contributed by atoms with Gasteiger partial charge in [-0.25, -0.2) is 4.98 Å². The van der Waals surface area contributed by atoms with Crippen LogP contribution in [-0.4, -0.2) is 35.9 Å². The van der Waals surface area contributed by atoms with E-state index in [2.05, 4.69) is 4.98 Å². The van der Waals surface area contributed by atoms with E-state index in [1.807, 2.05) is 18.2 Å². The summed E-state index contributed by atoms with van der Waals surface area (Å²) in [6.07, 6.45) is 6.74. The number of ketones is 1. The summed E-state index contributed by atoms with van der Waals surface area (Å²) in [5, 5.41) is 0. The minimum atomic E-state index is -0.539. The van der Waals surface area contributed by atoms with Crippen LogP contribution in [0.3, 0.4) is 0 Å². The SMILES string of the molecule is O=C1CCc2ccc(N3CCC(Oc4ccc(OCCC5CC5)nc4)C3=O)cc21. The summed E-state index contributed by atoms with van der Waals surface area (Å²) in [5.74, 6) is 2.05. The highest BCUT2D eigenvalue weighted by Gasteiger charge is 2.35. The van der Waals surface area contributed by atoms with E-state index in [0.29, 0.717) is 37.6 Å². The van der Waals surface area contributed by atoms with Crippen molar-refractivity contribution in [2.24, 2.45) is 5.92 Å². The van der Waals surface area contributed by atoms with Gasteiger partial charge in [0.25, 0.3) is 5.91 Å². The number of amides is 1. The lowest BCUT2D eigenvalue weighted by Crippen LogP contribution is -2.32. The van der Waals surface area contributed by atoms with Gasteiger partial charge in [-0.3, -0.25) is 9.59 Å². The summed E-state index contributed by atoms with van der Waals surface area (Å²) in [6, 6.07) is 9.31. The fourth-order valence-corrected chi connectivity index (χ4v) is 4.04. The van der Waals surface area contributed by atoms with Gasteiger partial charge in [0.05, 0.1) is 12.8 Å². The molecule has 150 valence electrons. The Bertz CT molecular complexity index is 936. The molecule has 2 fully saturated rings. The lowest BCUT2D eigenvalue weighted by atomic mass is 10.1. The Labute approximate surface area is 169 Å². The molecule has 1 saturated heterocycles. The van der Waals surface area contributed by atoms with Crippen molar-refractivity contribution in [3.05, 3.63) is 47.7 Å². The third-order valence-corrected chi connectivity index (χ3v) is 5.94. The maximum atomic E-state index is 12.8. The van der Waals surface area contributed by atoms with Crippen molar-refractivity contribution >= 4 is 17.4 Å². The van der Waals surface area contributed by atoms with Crippen LogP contribution in [0.1, 0.15) is 48.0 Å². The molecule has 1 aromatic carbocycles. The molecule has 1 unspecified atom stereocenters. The van der Waals surface area contributed by atoms with Gasteiger partial charge in [-0.1, -0.05) is 18.9 Å². The Morgan fingerprint density at radius 3 is 2.76 bits per heavy atom. The molecule has 0 spiro atoms. The highest BCUT2D eigenvalue weighted by atomic mass is 16.5. The monoisotopic (exact) mass is 392 g/mol. The van der Waals surface area contributed by atoms with Crippen LogP contribution in [0.4, 0.5) is 5.69 Å². The van der Waals surface area contributed by atoms with Crippen LogP contribution in [-0.2, 0) is 11.2 Å². The maximum absolute atomic E-state index is 12.8. The van der Waals surface area contributed by atoms with E-state index in [9.17, 15) is 9.59 Å². The lowest BCUT2D eigenvalue weighted by molar-refractivity contribution is -0.122. The number of benzene rings is 1. The summed E-state index contributed by atoms with van der Waals surface area (Å²) in [6.45, 7) is 1.27. The Morgan fingerprint density at radius 2 is 1.97 bits per heavy atom. The number of nitrogens with zero attached hydrogens (tertiary/aromatic N) is 2. The third-order valence-electron chi connectivity index (χ3n) is 5.94. The van der Waals surface area contributed by atoms with Crippen LogP contribution in [0.2, 0.25) is 0 Å². The van der Waals surface area contributed by atoms with E-state index in [-0.39, 0.29) is 11.7 Å². The molecule has 0 N–H and O–H groups in total. The first-order chi connectivity index (χ1) is 14.2. The minimum absolute atomic E-state index is 0.0832. The Balaban J connectivity index is 1.20. The summed E-state index contributed by atoms with van der Waals surface area (Å²) >= 11 is 0. The molecule has 2 aromatic rings. The van der Waals surface area contributed by atoms with Crippen LogP contribution in [0.15, 0.2) is 36.5 Å². The number of aryl methyl sites for hydroxylation is 1. The van der Waals surface area contributed by atoms with Crippen LogP contribution in [0.5, 0.6) is 11.6 Å². The number of ether oxygens (including phenoxy) is 2. The number of fused-ring (bicyclic) bond motifs is 1. The zero-order chi connectivity index (χ0) is 19.8. The number of pyridine rings is 1. The molecule has 1 aromatic heterocycles. The second kappa shape index (κ2) is 7.50. The minimum Gasteiger partial charge on any atom is -0.479 e. The van der Waals surface area contributed by atoms with E-state index in [4.69, 9.17) is 9.47 Å². The van der Waals surface area contributed by atoms with Gasteiger partial charge >= 0.3 is 0 Å². The van der Waals surface area contributed by atoms with Gasteiger partial charge in [-0.05, 0) is 42.5 Å². The fourth-order valence-electron chi connectivity index (χ4n) is 4.04. The molecular formula is C23H24N2O4. The fraction of sp³-hybridized carbons (Fsp3) is 0.435. The molecule has 1 saturated carbocycles. The number of hydrogen-bond acceptors (Lipinski definition) is 5. The van der Waals surface area contributed by atoms with E-state index < -0.39 is 6.10 Å². The molecule has 1 aliphatic heterocycles. The van der Waals surface area contributed by atoms with Crippen molar-refractivity contribution in [1.82, 2.24) is 4.98 Å². The van der Waals surface area contributed by atoms with Gasteiger partial charge < -0.3 is 14.4 Å². The molecule has 6 heteroatoms. The van der Waals surface area contributed by atoms with E-state index in [1.54, 1.807) is 23.2 Å². The summed E-state index contributed by atoms with van der Waals surface area (Å²) in [5.41, 5.74) is 2.59. The molecule has 2 aliphatic carbocycles. The maximum Gasteiger partial charge on any atom is 0.268 e. The quantitative estimate of drug-likeness (QED) is 0.720. The zero-order valence-corrected chi connectivity index (χ0v) is 16.3. The second-order valence-electron chi connectivity index (χ2n) is 8.06. The number of anilines is 1. The summed E-state index contributed by atoms with van der Waals surface area (Å²) in [4.78, 5) is 30.8. The van der Waals surface area contributed by atoms with Gasteiger partial charge in [-0.2, -0.15) is 0 Å². The molecule has 5 rings (SSSR count). The first-order valence-electron chi connectivity index (χ1n) is 10.4. The number of aromatic nitrogens is 1. The number of carbonyl (C=O) groups is 2. The average Bonchev–Trinajstić information content (AvgIpc) is 3.40. The summed E-state index contributed by atoms with van der Waals surface area (Å²) < 4.78 is 11.5. The van der Waals surface area contributed by atoms with E-state index in [0.717, 1.165) is 35.6 Å². The van der Waals surface area contributed by atoms with Gasteiger partial charge in [0.15, 0.2) is 11.9 Å². The molecule has 0 bridgehead atoms.